The van der Waals surface area contributed by atoms with Crippen LogP contribution in [0.3, 0.4) is 0 Å². The van der Waals surface area contributed by atoms with E-state index in [1.165, 1.54) is 12.1 Å². The topological polar surface area (TPSA) is 58.2 Å². The molecule has 0 aromatic heterocycles. The molecule has 1 aromatic carbocycles. The number of hydrogen-bond donors (Lipinski definition) is 2. The summed E-state index contributed by atoms with van der Waals surface area (Å²) in [6.45, 7) is 5.60. The van der Waals surface area contributed by atoms with Gasteiger partial charge >= 0.3 is 0 Å². The lowest BCUT2D eigenvalue weighted by Gasteiger charge is -2.12. The van der Waals surface area contributed by atoms with E-state index >= 15 is 0 Å². The molecule has 0 spiro atoms. The summed E-state index contributed by atoms with van der Waals surface area (Å²) in [4.78, 5) is 0.0340. The maximum absolute atomic E-state index is 13.4. The fraction of sp³-hybridized carbons (Fsp3) is 0.571. The van der Waals surface area contributed by atoms with Crippen LogP contribution >= 0.6 is 0 Å². The van der Waals surface area contributed by atoms with Gasteiger partial charge in [0.15, 0.2) is 0 Å². The molecule has 2 atom stereocenters. The predicted molar refractivity (Wildman–Crippen MR) is 76.2 cm³/mol. The van der Waals surface area contributed by atoms with E-state index in [0.717, 1.165) is 19.0 Å². The molecule has 0 aliphatic heterocycles. The third kappa shape index (κ3) is 3.77. The Kier molecular flexibility index (Phi) is 4.78. The van der Waals surface area contributed by atoms with Crippen LogP contribution in [-0.4, -0.2) is 21.5 Å². The van der Waals surface area contributed by atoms with Crippen LogP contribution < -0.4 is 10.0 Å². The molecule has 20 heavy (non-hydrogen) atoms. The standard InChI is InChI=1S/C14H21FN2O2S/c1-3-16-8-11-4-5-13(15)7-14(11)20(18,19)17-9-12-6-10(12)2/h4-5,7,10,12,16-17H,3,6,8-9H2,1-2H3. The van der Waals surface area contributed by atoms with Gasteiger partial charge in [-0.25, -0.2) is 17.5 Å². The first-order valence-electron chi connectivity index (χ1n) is 6.93. The number of sulfonamides is 1. The summed E-state index contributed by atoms with van der Waals surface area (Å²) in [7, 11) is -3.65. The molecule has 1 aliphatic carbocycles. The van der Waals surface area contributed by atoms with Crippen molar-refractivity contribution in [3.63, 3.8) is 0 Å². The Morgan fingerprint density at radius 2 is 2.10 bits per heavy atom. The molecular weight excluding hydrogens is 279 g/mol. The zero-order chi connectivity index (χ0) is 14.8. The van der Waals surface area contributed by atoms with Gasteiger partial charge in [-0.05, 0) is 42.5 Å². The summed E-state index contributed by atoms with van der Waals surface area (Å²) >= 11 is 0. The Morgan fingerprint density at radius 1 is 1.40 bits per heavy atom. The van der Waals surface area contributed by atoms with Gasteiger partial charge in [-0.3, -0.25) is 0 Å². The second-order valence-electron chi connectivity index (χ2n) is 5.36. The van der Waals surface area contributed by atoms with Crippen molar-refractivity contribution in [1.82, 2.24) is 10.0 Å². The highest BCUT2D eigenvalue weighted by atomic mass is 32.2. The lowest BCUT2D eigenvalue weighted by molar-refractivity contribution is 0.568. The Hall–Kier alpha value is -0.980. The zero-order valence-electron chi connectivity index (χ0n) is 11.8. The number of rotatable bonds is 7. The summed E-state index contributed by atoms with van der Waals surface area (Å²) < 4.78 is 40.6. The van der Waals surface area contributed by atoms with E-state index in [4.69, 9.17) is 0 Å². The molecule has 0 amide bonds. The molecule has 1 fully saturated rings. The molecule has 0 heterocycles. The Morgan fingerprint density at radius 3 is 2.70 bits per heavy atom. The largest absolute Gasteiger partial charge is 0.313 e. The maximum Gasteiger partial charge on any atom is 0.241 e. The minimum atomic E-state index is -3.65. The van der Waals surface area contributed by atoms with Crippen molar-refractivity contribution >= 4 is 10.0 Å². The first-order valence-corrected chi connectivity index (χ1v) is 8.41. The lowest BCUT2D eigenvalue weighted by atomic mass is 10.2. The van der Waals surface area contributed by atoms with Gasteiger partial charge in [-0.2, -0.15) is 0 Å². The zero-order valence-corrected chi connectivity index (χ0v) is 12.6. The van der Waals surface area contributed by atoms with Crippen molar-refractivity contribution in [1.29, 1.82) is 0 Å². The van der Waals surface area contributed by atoms with E-state index in [0.29, 0.717) is 30.5 Å². The minimum Gasteiger partial charge on any atom is -0.313 e. The quantitative estimate of drug-likeness (QED) is 0.808. The number of benzene rings is 1. The molecule has 6 heteroatoms. The van der Waals surface area contributed by atoms with Gasteiger partial charge in [-0.1, -0.05) is 19.9 Å². The highest BCUT2D eigenvalue weighted by Gasteiger charge is 2.33. The summed E-state index contributed by atoms with van der Waals surface area (Å²) in [5.41, 5.74) is 0.588. The van der Waals surface area contributed by atoms with Crippen molar-refractivity contribution in [3.8, 4) is 0 Å². The van der Waals surface area contributed by atoms with Crippen molar-refractivity contribution in [3.05, 3.63) is 29.6 Å². The average Bonchev–Trinajstić information content (AvgIpc) is 3.11. The average molecular weight is 300 g/mol. The molecule has 1 saturated carbocycles. The first kappa shape index (κ1) is 15.4. The van der Waals surface area contributed by atoms with Crippen LogP contribution in [-0.2, 0) is 16.6 Å². The molecule has 2 unspecified atom stereocenters. The van der Waals surface area contributed by atoms with Gasteiger partial charge in [0.25, 0.3) is 0 Å². The Labute approximate surface area is 119 Å². The Balaban J connectivity index is 2.17. The van der Waals surface area contributed by atoms with Crippen molar-refractivity contribution in [2.24, 2.45) is 11.8 Å². The fourth-order valence-corrected chi connectivity index (χ4v) is 3.50. The van der Waals surface area contributed by atoms with E-state index in [-0.39, 0.29) is 4.90 Å². The van der Waals surface area contributed by atoms with E-state index < -0.39 is 15.8 Å². The molecule has 0 bridgehead atoms. The van der Waals surface area contributed by atoms with Gasteiger partial charge in [0.1, 0.15) is 5.82 Å². The maximum atomic E-state index is 13.4. The molecule has 0 saturated heterocycles. The van der Waals surface area contributed by atoms with E-state index in [1.54, 1.807) is 0 Å². The van der Waals surface area contributed by atoms with Crippen molar-refractivity contribution in [2.75, 3.05) is 13.1 Å². The smallest absolute Gasteiger partial charge is 0.241 e. The summed E-state index contributed by atoms with van der Waals surface area (Å²) in [6.07, 6.45) is 1.05. The molecule has 1 aliphatic rings. The van der Waals surface area contributed by atoms with Crippen LogP contribution in [0.25, 0.3) is 0 Å². The molecular formula is C14H21FN2O2S. The van der Waals surface area contributed by atoms with Crippen LogP contribution in [0.5, 0.6) is 0 Å². The minimum absolute atomic E-state index is 0.0340. The van der Waals surface area contributed by atoms with Gasteiger partial charge in [0, 0.05) is 13.1 Å². The van der Waals surface area contributed by atoms with Crippen LogP contribution in [0.15, 0.2) is 23.1 Å². The summed E-state index contributed by atoms with van der Waals surface area (Å²) in [6, 6.07) is 3.90. The van der Waals surface area contributed by atoms with Crippen molar-refractivity contribution < 1.29 is 12.8 Å². The molecule has 112 valence electrons. The molecule has 0 radical (unpaired) electrons. The monoisotopic (exact) mass is 300 g/mol. The van der Waals surface area contributed by atoms with Crippen LogP contribution in [0, 0.1) is 17.7 Å². The van der Waals surface area contributed by atoms with Crippen molar-refractivity contribution in [2.45, 2.75) is 31.7 Å². The third-order valence-electron chi connectivity index (χ3n) is 3.70. The summed E-state index contributed by atoms with van der Waals surface area (Å²) in [5, 5.41) is 3.07. The fourth-order valence-electron chi connectivity index (χ4n) is 2.16. The number of halogens is 1. The first-order chi connectivity index (χ1) is 9.44. The molecule has 2 rings (SSSR count). The summed E-state index contributed by atoms with van der Waals surface area (Å²) in [5.74, 6) is 0.451. The van der Waals surface area contributed by atoms with E-state index in [2.05, 4.69) is 17.0 Å². The highest BCUT2D eigenvalue weighted by Crippen LogP contribution is 2.37. The lowest BCUT2D eigenvalue weighted by Crippen LogP contribution is -2.28. The van der Waals surface area contributed by atoms with Crippen LogP contribution in [0.2, 0.25) is 0 Å². The second kappa shape index (κ2) is 6.20. The highest BCUT2D eigenvalue weighted by molar-refractivity contribution is 7.89. The van der Waals surface area contributed by atoms with Gasteiger partial charge in [0.05, 0.1) is 4.90 Å². The SMILES string of the molecule is CCNCc1ccc(F)cc1S(=O)(=O)NCC1CC1C. The van der Waals surface area contributed by atoms with Gasteiger partial charge < -0.3 is 5.32 Å². The van der Waals surface area contributed by atoms with Gasteiger partial charge in [0.2, 0.25) is 10.0 Å². The normalized spacial score (nSPS) is 21.9. The van der Waals surface area contributed by atoms with Gasteiger partial charge in [-0.15, -0.1) is 0 Å². The second-order valence-corrected chi connectivity index (χ2v) is 7.09. The van der Waals surface area contributed by atoms with E-state index in [1.807, 2.05) is 6.92 Å². The Bertz CT molecular complexity index is 575. The molecule has 1 aromatic rings. The van der Waals surface area contributed by atoms with Crippen LogP contribution in [0.4, 0.5) is 4.39 Å². The predicted octanol–water partition coefficient (Wildman–Crippen LogP) is 1.87. The molecule has 4 nitrogen and oxygen atoms in total. The van der Waals surface area contributed by atoms with E-state index in [9.17, 15) is 12.8 Å². The third-order valence-corrected chi connectivity index (χ3v) is 5.20. The number of hydrogen-bond acceptors (Lipinski definition) is 3. The van der Waals surface area contributed by atoms with Crippen LogP contribution in [0.1, 0.15) is 25.8 Å². The number of nitrogens with one attached hydrogen (secondary N) is 2. The molecule has 2 N–H and O–H groups in total.